The van der Waals surface area contributed by atoms with E-state index >= 15 is 0 Å². The summed E-state index contributed by atoms with van der Waals surface area (Å²) in [7, 11) is 2.27. The van der Waals surface area contributed by atoms with Crippen LogP contribution in [-0.2, 0) is 0 Å². The zero-order chi connectivity index (χ0) is 21.9. The molecule has 0 aromatic heterocycles. The Morgan fingerprint density at radius 3 is 1.53 bits per heavy atom. The maximum Gasteiger partial charge on any atom is 0.252 e. The molecule has 8 heteroatoms. The number of hydrogen-bond donors (Lipinski definition) is 4. The third kappa shape index (κ3) is 6.60. The Hall–Kier alpha value is -2.32. The van der Waals surface area contributed by atoms with Gasteiger partial charge in [-0.3, -0.25) is 9.59 Å². The van der Waals surface area contributed by atoms with E-state index in [2.05, 4.69) is 10.6 Å². The molecule has 0 bridgehead atoms. The summed E-state index contributed by atoms with van der Waals surface area (Å²) in [6.45, 7) is 5.20. The number of rotatable bonds is 11. The van der Waals surface area contributed by atoms with E-state index in [0.29, 0.717) is 34.0 Å². The summed E-state index contributed by atoms with van der Waals surface area (Å²) < 4.78 is 0. The number of amides is 2. The van der Waals surface area contributed by atoms with E-state index in [0.717, 1.165) is 47.3 Å². The van der Waals surface area contributed by atoms with Crippen molar-refractivity contribution in [3.8, 4) is 11.5 Å². The molecule has 0 spiro atoms. The molecule has 0 fully saturated rings. The zero-order valence-corrected chi connectivity index (χ0v) is 18.9. The third-order valence-corrected chi connectivity index (χ3v) is 6.84. The van der Waals surface area contributed by atoms with Gasteiger partial charge < -0.3 is 20.8 Å². The lowest BCUT2D eigenvalue weighted by atomic mass is 10.2. The number of unbranched alkanes of at least 4 members (excludes halogenated alkanes) is 2. The molecule has 0 radical (unpaired) electrons. The first-order chi connectivity index (χ1) is 14.5. The van der Waals surface area contributed by atoms with Crippen molar-refractivity contribution in [1.29, 1.82) is 0 Å². The highest BCUT2D eigenvalue weighted by atomic mass is 33.1. The quantitative estimate of drug-likeness (QED) is 0.287. The summed E-state index contributed by atoms with van der Waals surface area (Å²) in [5.74, 6) is -0.588. The van der Waals surface area contributed by atoms with Gasteiger partial charge in [0, 0.05) is 13.1 Å². The number of benzene rings is 2. The number of carbonyl (C=O) groups excluding carboxylic acids is 2. The average Bonchev–Trinajstić information content (AvgIpc) is 2.73. The zero-order valence-electron chi connectivity index (χ0n) is 17.2. The molecule has 162 valence electrons. The van der Waals surface area contributed by atoms with Crippen LogP contribution < -0.4 is 10.6 Å². The second kappa shape index (κ2) is 12.4. The molecule has 0 aliphatic heterocycles. The van der Waals surface area contributed by atoms with Gasteiger partial charge in [0.05, 0.1) is 20.9 Å². The Kier molecular flexibility index (Phi) is 9.89. The first kappa shape index (κ1) is 24.0. The maximum atomic E-state index is 12.5. The first-order valence-electron chi connectivity index (χ1n) is 10.0. The second-order valence-electron chi connectivity index (χ2n) is 6.69. The Morgan fingerprint density at radius 2 is 1.17 bits per heavy atom. The van der Waals surface area contributed by atoms with E-state index < -0.39 is 0 Å². The minimum absolute atomic E-state index is 0.0278. The molecule has 2 amide bonds. The van der Waals surface area contributed by atoms with Crippen molar-refractivity contribution in [2.45, 2.75) is 49.3 Å². The van der Waals surface area contributed by atoms with Crippen molar-refractivity contribution in [2.24, 2.45) is 0 Å². The fourth-order valence-corrected chi connectivity index (χ4v) is 5.14. The van der Waals surface area contributed by atoms with E-state index in [4.69, 9.17) is 0 Å². The molecule has 0 atom stereocenters. The molecule has 0 heterocycles. The number of phenolic OH excluding ortho intramolecular Hbond substituents is 2. The number of carbonyl (C=O) groups is 2. The number of aromatic hydroxyl groups is 2. The molecule has 2 aromatic rings. The van der Waals surface area contributed by atoms with E-state index in [9.17, 15) is 19.8 Å². The summed E-state index contributed by atoms with van der Waals surface area (Å²) in [4.78, 5) is 25.8. The fraction of sp³-hybridized carbons (Fsp3) is 0.364. The maximum absolute atomic E-state index is 12.5. The van der Waals surface area contributed by atoms with Crippen molar-refractivity contribution in [3.05, 3.63) is 47.5 Å². The van der Waals surface area contributed by atoms with Crippen molar-refractivity contribution >= 4 is 33.4 Å². The lowest BCUT2D eigenvalue weighted by Crippen LogP contribution is -2.25. The van der Waals surface area contributed by atoms with E-state index in [1.54, 1.807) is 24.3 Å². The van der Waals surface area contributed by atoms with Crippen molar-refractivity contribution in [1.82, 2.24) is 10.6 Å². The van der Waals surface area contributed by atoms with Gasteiger partial charge in [-0.1, -0.05) is 38.8 Å². The molecule has 6 nitrogen and oxygen atoms in total. The van der Waals surface area contributed by atoms with E-state index in [1.807, 2.05) is 13.8 Å². The van der Waals surface area contributed by atoms with Crippen LogP contribution in [0, 0.1) is 0 Å². The van der Waals surface area contributed by atoms with Gasteiger partial charge in [-0.05, 0) is 58.7 Å². The Labute approximate surface area is 185 Å². The van der Waals surface area contributed by atoms with Gasteiger partial charge in [0.15, 0.2) is 0 Å². The summed E-state index contributed by atoms with van der Waals surface area (Å²) >= 11 is 0. The summed E-state index contributed by atoms with van der Waals surface area (Å²) in [6.07, 6.45) is 3.68. The molecular formula is C22H28N2O4S2. The molecule has 0 aliphatic rings. The Bertz CT molecular complexity index is 803. The van der Waals surface area contributed by atoms with Gasteiger partial charge in [-0.15, -0.1) is 0 Å². The monoisotopic (exact) mass is 448 g/mol. The van der Waals surface area contributed by atoms with Gasteiger partial charge in [0.2, 0.25) is 0 Å². The van der Waals surface area contributed by atoms with Crippen LogP contribution in [0.3, 0.4) is 0 Å². The number of nitrogens with one attached hydrogen (secondary N) is 2. The van der Waals surface area contributed by atoms with Crippen LogP contribution in [0.4, 0.5) is 0 Å². The predicted molar refractivity (Wildman–Crippen MR) is 122 cm³/mol. The van der Waals surface area contributed by atoms with Gasteiger partial charge in [0.1, 0.15) is 11.5 Å². The molecule has 0 unspecified atom stereocenters. The van der Waals surface area contributed by atoms with Crippen molar-refractivity contribution < 1.29 is 19.8 Å². The fourth-order valence-electron chi connectivity index (χ4n) is 2.61. The largest absolute Gasteiger partial charge is 0.507 e. The summed E-state index contributed by atoms with van der Waals surface area (Å²) in [6, 6.07) is 9.54. The molecule has 4 N–H and O–H groups in total. The van der Waals surface area contributed by atoms with Crippen LogP contribution in [0.25, 0.3) is 0 Å². The molecule has 0 saturated carbocycles. The average molecular weight is 449 g/mol. The van der Waals surface area contributed by atoms with E-state index in [1.165, 1.54) is 12.1 Å². The minimum atomic E-state index is -0.266. The molecule has 30 heavy (non-hydrogen) atoms. The summed E-state index contributed by atoms with van der Waals surface area (Å²) in [5.41, 5.74) is 0.709. The minimum Gasteiger partial charge on any atom is -0.507 e. The van der Waals surface area contributed by atoms with Crippen molar-refractivity contribution in [2.75, 3.05) is 13.1 Å². The lowest BCUT2D eigenvalue weighted by molar-refractivity contribution is 0.0941. The predicted octanol–water partition coefficient (Wildman–Crippen LogP) is 4.96. The molecule has 0 saturated heterocycles. The van der Waals surface area contributed by atoms with Crippen LogP contribution in [0.15, 0.2) is 46.2 Å². The SMILES string of the molecule is CCCCNC(=O)c1cccc(O)c1SSc1c(O)cccc1C(=O)NCCCC. The van der Waals surface area contributed by atoms with Crippen LogP contribution in [0.1, 0.15) is 60.2 Å². The standard InChI is InChI=1S/C22H28N2O4S2/c1-3-5-13-23-21(27)15-9-7-11-17(25)19(15)29-30-20-16(10-8-12-18(20)26)22(28)24-14-6-4-2/h7-12,25-26H,3-6,13-14H2,1-2H3,(H,23,27)(H,24,28). The Morgan fingerprint density at radius 1 is 0.767 bits per heavy atom. The second-order valence-corrected chi connectivity index (χ2v) is 8.84. The van der Waals surface area contributed by atoms with Crippen molar-refractivity contribution in [3.63, 3.8) is 0 Å². The molecular weight excluding hydrogens is 420 g/mol. The van der Waals surface area contributed by atoms with Gasteiger partial charge in [0.25, 0.3) is 11.8 Å². The van der Waals surface area contributed by atoms with Gasteiger partial charge >= 0.3 is 0 Å². The van der Waals surface area contributed by atoms with Crippen LogP contribution in [0.5, 0.6) is 11.5 Å². The number of phenols is 2. The highest BCUT2D eigenvalue weighted by Gasteiger charge is 2.20. The molecule has 2 rings (SSSR count). The first-order valence-corrected chi connectivity index (χ1v) is 12.2. The molecule has 0 aliphatic carbocycles. The topological polar surface area (TPSA) is 98.7 Å². The highest BCUT2D eigenvalue weighted by molar-refractivity contribution is 8.76. The number of hydrogen-bond acceptors (Lipinski definition) is 6. The Balaban J connectivity index is 2.21. The van der Waals surface area contributed by atoms with Crippen LogP contribution >= 0.6 is 21.6 Å². The van der Waals surface area contributed by atoms with Crippen LogP contribution in [-0.4, -0.2) is 35.1 Å². The van der Waals surface area contributed by atoms with Gasteiger partial charge in [-0.2, -0.15) is 0 Å². The smallest absolute Gasteiger partial charge is 0.252 e. The molecule has 2 aromatic carbocycles. The van der Waals surface area contributed by atoms with Gasteiger partial charge in [-0.25, -0.2) is 0 Å². The highest BCUT2D eigenvalue weighted by Crippen LogP contribution is 2.47. The third-order valence-electron chi connectivity index (χ3n) is 4.32. The van der Waals surface area contributed by atoms with Crippen LogP contribution in [0.2, 0.25) is 0 Å². The summed E-state index contributed by atoms with van der Waals surface area (Å²) in [5, 5.41) is 26.3. The lowest BCUT2D eigenvalue weighted by Gasteiger charge is -2.13. The van der Waals surface area contributed by atoms with E-state index in [-0.39, 0.29) is 23.3 Å². The normalized spacial score (nSPS) is 10.6.